The number of nitrogens with zero attached hydrogens (tertiary/aromatic N) is 5. The Hall–Kier alpha value is -1.87. The molecule has 2 aromatic heterocycles. The molecule has 0 saturated heterocycles. The Kier molecular flexibility index (Phi) is 2.88. The van der Waals surface area contributed by atoms with Gasteiger partial charge >= 0.3 is 0 Å². The molecule has 0 N–H and O–H groups in total. The molecule has 0 fully saturated rings. The molecule has 5 nitrogen and oxygen atoms in total. The molecule has 0 saturated carbocycles. The maximum absolute atomic E-state index is 8.90. The highest BCUT2D eigenvalue weighted by atomic mass is 32.2. The summed E-state index contributed by atoms with van der Waals surface area (Å²) in [5.41, 5.74) is 0.410. The minimum Gasteiger partial charge on any atom is -0.309 e. The Morgan fingerprint density at radius 1 is 1.44 bits per heavy atom. The maximum Gasteiger partial charge on any atom is 0.195 e. The van der Waals surface area contributed by atoms with Gasteiger partial charge in [-0.1, -0.05) is 0 Å². The average molecular weight is 231 g/mol. The summed E-state index contributed by atoms with van der Waals surface area (Å²) in [7, 11) is 1.89. The molecule has 0 aromatic carbocycles. The molecule has 0 radical (unpaired) electrons. The standard InChI is InChI=1S/C10H9N5S/c1-7-13-14-10(15(7)2)16-9-4-3-5-12-8(9)6-11/h3-5H,1-2H3. The second-order valence-corrected chi connectivity index (χ2v) is 4.16. The third-order valence-electron chi connectivity index (χ3n) is 2.13. The first-order valence-corrected chi connectivity index (χ1v) is 5.43. The van der Waals surface area contributed by atoms with E-state index in [2.05, 4.69) is 21.3 Å². The van der Waals surface area contributed by atoms with E-state index in [9.17, 15) is 0 Å². The zero-order valence-corrected chi connectivity index (χ0v) is 9.69. The first kappa shape index (κ1) is 10.6. The summed E-state index contributed by atoms with van der Waals surface area (Å²) in [4.78, 5) is 4.78. The Labute approximate surface area is 97.1 Å². The summed E-state index contributed by atoms with van der Waals surface area (Å²) in [5.74, 6) is 0.838. The fraction of sp³-hybridized carbons (Fsp3) is 0.200. The van der Waals surface area contributed by atoms with Crippen LogP contribution < -0.4 is 0 Å². The van der Waals surface area contributed by atoms with Crippen molar-refractivity contribution in [2.24, 2.45) is 7.05 Å². The van der Waals surface area contributed by atoms with Crippen LogP contribution in [-0.4, -0.2) is 19.7 Å². The molecule has 80 valence electrons. The molecule has 0 unspecified atom stereocenters. The van der Waals surface area contributed by atoms with E-state index in [0.717, 1.165) is 15.9 Å². The Morgan fingerprint density at radius 3 is 2.88 bits per heavy atom. The third-order valence-corrected chi connectivity index (χ3v) is 3.22. The molecule has 0 spiro atoms. The molecule has 0 aliphatic rings. The van der Waals surface area contributed by atoms with Crippen LogP contribution in [0.4, 0.5) is 0 Å². The molecule has 6 heteroatoms. The summed E-state index contributed by atoms with van der Waals surface area (Å²) in [6.45, 7) is 1.88. The predicted octanol–water partition coefficient (Wildman–Crippen LogP) is 1.54. The van der Waals surface area contributed by atoms with Crippen LogP contribution in [0.2, 0.25) is 0 Å². The van der Waals surface area contributed by atoms with Crippen molar-refractivity contribution in [1.82, 2.24) is 19.7 Å². The average Bonchev–Trinajstić information content (AvgIpc) is 2.62. The van der Waals surface area contributed by atoms with Crippen molar-refractivity contribution >= 4 is 11.8 Å². The van der Waals surface area contributed by atoms with Crippen molar-refractivity contribution in [2.45, 2.75) is 17.0 Å². The summed E-state index contributed by atoms with van der Waals surface area (Å²) in [6.07, 6.45) is 1.60. The van der Waals surface area contributed by atoms with Crippen LogP contribution in [0.25, 0.3) is 0 Å². The lowest BCUT2D eigenvalue weighted by atomic mass is 10.4. The van der Waals surface area contributed by atoms with Crippen LogP contribution in [0.3, 0.4) is 0 Å². The number of hydrogen-bond acceptors (Lipinski definition) is 5. The molecule has 0 aliphatic heterocycles. The van der Waals surface area contributed by atoms with Gasteiger partial charge in [-0.25, -0.2) is 4.98 Å². The SMILES string of the molecule is Cc1nnc(Sc2cccnc2C#N)n1C. The Bertz CT molecular complexity index is 555. The summed E-state index contributed by atoms with van der Waals surface area (Å²) in [6, 6.07) is 5.70. The first-order valence-electron chi connectivity index (χ1n) is 4.61. The number of nitriles is 1. The summed E-state index contributed by atoms with van der Waals surface area (Å²) in [5, 5.41) is 17.6. The van der Waals surface area contributed by atoms with E-state index in [1.165, 1.54) is 11.8 Å². The molecule has 0 atom stereocenters. The zero-order valence-electron chi connectivity index (χ0n) is 8.88. The quantitative estimate of drug-likeness (QED) is 0.784. The van der Waals surface area contributed by atoms with Gasteiger partial charge in [0.2, 0.25) is 0 Å². The van der Waals surface area contributed by atoms with E-state index in [1.54, 1.807) is 12.3 Å². The van der Waals surface area contributed by atoms with Crippen molar-refractivity contribution in [1.29, 1.82) is 5.26 Å². The van der Waals surface area contributed by atoms with Crippen LogP contribution in [0.5, 0.6) is 0 Å². The van der Waals surface area contributed by atoms with Gasteiger partial charge in [0.05, 0.1) is 4.90 Å². The van der Waals surface area contributed by atoms with Crippen LogP contribution in [0.1, 0.15) is 11.5 Å². The second-order valence-electron chi connectivity index (χ2n) is 3.15. The molecule has 0 amide bonds. The van der Waals surface area contributed by atoms with E-state index in [-0.39, 0.29) is 0 Å². The molecule has 2 heterocycles. The predicted molar refractivity (Wildman–Crippen MR) is 58.8 cm³/mol. The molecule has 16 heavy (non-hydrogen) atoms. The third kappa shape index (κ3) is 1.90. The van der Waals surface area contributed by atoms with E-state index in [0.29, 0.717) is 5.69 Å². The van der Waals surface area contributed by atoms with Gasteiger partial charge < -0.3 is 4.57 Å². The normalized spacial score (nSPS) is 10.1. The lowest BCUT2D eigenvalue weighted by molar-refractivity contribution is 0.765. The molecule has 2 aromatic rings. The van der Waals surface area contributed by atoms with Crippen molar-refractivity contribution in [3.05, 3.63) is 29.8 Å². The van der Waals surface area contributed by atoms with E-state index < -0.39 is 0 Å². The maximum atomic E-state index is 8.90. The van der Waals surface area contributed by atoms with Crippen LogP contribution in [0.15, 0.2) is 28.4 Å². The summed E-state index contributed by atoms with van der Waals surface area (Å²) < 4.78 is 1.87. The van der Waals surface area contributed by atoms with E-state index in [4.69, 9.17) is 5.26 Å². The van der Waals surface area contributed by atoms with Crippen LogP contribution in [0, 0.1) is 18.3 Å². The molecule has 0 aliphatic carbocycles. The van der Waals surface area contributed by atoms with E-state index in [1.807, 2.05) is 24.6 Å². The van der Waals surface area contributed by atoms with Crippen LogP contribution >= 0.6 is 11.8 Å². The molecule has 0 bridgehead atoms. The van der Waals surface area contributed by atoms with E-state index >= 15 is 0 Å². The molecular weight excluding hydrogens is 222 g/mol. The largest absolute Gasteiger partial charge is 0.309 e. The number of aromatic nitrogens is 4. The van der Waals surface area contributed by atoms with Crippen LogP contribution in [-0.2, 0) is 7.05 Å². The number of aryl methyl sites for hydroxylation is 1. The van der Waals surface area contributed by atoms with Gasteiger partial charge in [-0.05, 0) is 30.8 Å². The van der Waals surface area contributed by atoms with Crippen molar-refractivity contribution < 1.29 is 0 Å². The smallest absolute Gasteiger partial charge is 0.195 e. The van der Waals surface area contributed by atoms with Gasteiger partial charge in [0.15, 0.2) is 10.9 Å². The second kappa shape index (κ2) is 4.33. The van der Waals surface area contributed by atoms with Gasteiger partial charge in [0, 0.05) is 13.2 Å². The number of pyridine rings is 1. The van der Waals surface area contributed by atoms with Crippen molar-refractivity contribution in [2.75, 3.05) is 0 Å². The van der Waals surface area contributed by atoms with Crippen molar-refractivity contribution in [3.63, 3.8) is 0 Å². The minimum atomic E-state index is 0.410. The lowest BCUT2D eigenvalue weighted by Crippen LogP contribution is -1.94. The monoisotopic (exact) mass is 231 g/mol. The Balaban J connectivity index is 2.35. The molecular formula is C10H9N5S. The highest BCUT2D eigenvalue weighted by Gasteiger charge is 2.10. The van der Waals surface area contributed by atoms with Gasteiger partial charge in [0.1, 0.15) is 11.9 Å². The molecule has 2 rings (SSSR count). The highest BCUT2D eigenvalue weighted by molar-refractivity contribution is 7.99. The summed E-state index contributed by atoms with van der Waals surface area (Å²) >= 11 is 1.39. The number of rotatable bonds is 2. The minimum absolute atomic E-state index is 0.410. The fourth-order valence-electron chi connectivity index (χ4n) is 1.13. The highest BCUT2D eigenvalue weighted by Crippen LogP contribution is 2.27. The Morgan fingerprint density at radius 2 is 2.25 bits per heavy atom. The van der Waals surface area contributed by atoms with Gasteiger partial charge in [0.25, 0.3) is 0 Å². The van der Waals surface area contributed by atoms with Gasteiger partial charge in [-0.3, -0.25) is 0 Å². The number of hydrogen-bond donors (Lipinski definition) is 0. The fourth-order valence-corrected chi connectivity index (χ4v) is 2.02. The topological polar surface area (TPSA) is 67.4 Å². The lowest BCUT2D eigenvalue weighted by Gasteiger charge is -2.02. The first-order chi connectivity index (χ1) is 7.72. The van der Waals surface area contributed by atoms with Crippen molar-refractivity contribution in [3.8, 4) is 6.07 Å². The zero-order chi connectivity index (χ0) is 11.5. The van der Waals surface area contributed by atoms with Gasteiger partial charge in [-0.15, -0.1) is 10.2 Å². The van der Waals surface area contributed by atoms with Gasteiger partial charge in [-0.2, -0.15) is 5.26 Å².